The summed E-state index contributed by atoms with van der Waals surface area (Å²) in [6, 6.07) is -0.508. The van der Waals surface area contributed by atoms with Gasteiger partial charge in [-0.25, -0.2) is 0 Å². The lowest BCUT2D eigenvalue weighted by molar-refractivity contribution is -0.117. The molecule has 1 unspecified atom stereocenters. The Bertz CT molecular complexity index is 302. The summed E-state index contributed by atoms with van der Waals surface area (Å²) in [5.74, 6) is 0.490. The van der Waals surface area contributed by atoms with Crippen molar-refractivity contribution < 1.29 is 14.2 Å². The maximum absolute atomic E-state index is 5.93. The number of methoxy groups -OCH3 is 2. The zero-order valence-corrected chi connectivity index (χ0v) is 9.68. The number of ether oxygens (including phenoxy) is 3. The van der Waals surface area contributed by atoms with E-state index in [1.165, 1.54) is 0 Å². The smallest absolute Gasteiger partial charge is 0.136 e. The second-order valence-electron chi connectivity index (χ2n) is 4.35. The van der Waals surface area contributed by atoms with Gasteiger partial charge in [0.2, 0.25) is 0 Å². The van der Waals surface area contributed by atoms with Crippen molar-refractivity contribution in [2.75, 3.05) is 27.4 Å². The maximum Gasteiger partial charge on any atom is 0.136 e. The summed E-state index contributed by atoms with van der Waals surface area (Å²) in [6.45, 7) is 4.78. The minimum Gasteiger partial charge on any atom is -0.386 e. The van der Waals surface area contributed by atoms with Crippen LogP contribution in [0.4, 0.5) is 0 Å². The lowest BCUT2D eigenvalue weighted by Crippen LogP contribution is -2.50. The molecular weight excluding hydrogens is 207 g/mol. The number of hydrogen-bond acceptors (Lipinski definition) is 5. The van der Waals surface area contributed by atoms with Crippen LogP contribution in [0.25, 0.3) is 0 Å². The molecule has 4 atom stereocenters. The van der Waals surface area contributed by atoms with E-state index < -0.39 is 11.6 Å². The molecule has 0 amide bonds. The van der Waals surface area contributed by atoms with Crippen molar-refractivity contribution in [1.82, 2.24) is 4.90 Å². The van der Waals surface area contributed by atoms with Gasteiger partial charge in [-0.2, -0.15) is 0 Å². The molecule has 0 aromatic carbocycles. The van der Waals surface area contributed by atoms with Gasteiger partial charge in [-0.15, -0.1) is 0 Å². The summed E-state index contributed by atoms with van der Waals surface area (Å²) in [6.07, 6.45) is -0.136. The van der Waals surface area contributed by atoms with E-state index in [1.807, 2.05) is 4.90 Å². The molecule has 2 N–H and O–H groups in total. The molecule has 5 nitrogen and oxygen atoms in total. The van der Waals surface area contributed by atoms with E-state index >= 15 is 0 Å². The van der Waals surface area contributed by atoms with E-state index in [0.29, 0.717) is 19.0 Å². The van der Waals surface area contributed by atoms with Crippen molar-refractivity contribution in [3.05, 3.63) is 12.4 Å². The molecule has 0 spiro atoms. The van der Waals surface area contributed by atoms with E-state index in [1.54, 1.807) is 14.2 Å². The molecule has 2 heterocycles. The Balaban J connectivity index is 2.29. The highest BCUT2D eigenvalue weighted by atomic mass is 16.6. The van der Waals surface area contributed by atoms with Gasteiger partial charge < -0.3 is 24.8 Å². The number of likely N-dealkylation sites (tertiary alicyclic amines) is 1. The highest BCUT2D eigenvalue weighted by Crippen LogP contribution is 2.43. The van der Waals surface area contributed by atoms with Gasteiger partial charge in [-0.3, -0.25) is 0 Å². The van der Waals surface area contributed by atoms with Crippen molar-refractivity contribution >= 4 is 7.85 Å². The largest absolute Gasteiger partial charge is 0.386 e. The van der Waals surface area contributed by atoms with Gasteiger partial charge in [0.25, 0.3) is 0 Å². The van der Waals surface area contributed by atoms with Crippen LogP contribution >= 0.6 is 0 Å². The van der Waals surface area contributed by atoms with Crippen molar-refractivity contribution in [1.29, 1.82) is 0 Å². The molecule has 2 aliphatic heterocycles. The molecule has 0 aromatic heterocycles. The van der Waals surface area contributed by atoms with Crippen molar-refractivity contribution in [3.8, 4) is 0 Å². The molecule has 2 fully saturated rings. The molecule has 2 aliphatic rings. The molecule has 2 saturated heterocycles. The fraction of sp³-hybridized carbons (Fsp3) is 0.800. The maximum atomic E-state index is 5.93. The first-order valence-electron chi connectivity index (χ1n) is 5.22. The minimum absolute atomic E-state index is 0.0855. The quantitative estimate of drug-likeness (QED) is 0.622. The number of morpholine rings is 1. The molecule has 0 saturated carbocycles. The van der Waals surface area contributed by atoms with Gasteiger partial charge in [0.15, 0.2) is 0 Å². The average Bonchev–Trinajstić information content (AvgIpc) is 2.65. The Morgan fingerprint density at radius 2 is 2.38 bits per heavy atom. The van der Waals surface area contributed by atoms with E-state index in [-0.39, 0.29) is 12.1 Å². The zero-order valence-electron chi connectivity index (χ0n) is 9.68. The van der Waals surface area contributed by atoms with Gasteiger partial charge in [-0.1, -0.05) is 6.58 Å². The summed E-state index contributed by atoms with van der Waals surface area (Å²) >= 11 is 0. The van der Waals surface area contributed by atoms with Crippen LogP contribution in [0.1, 0.15) is 0 Å². The first kappa shape index (κ1) is 11.8. The number of nitrogens with two attached hydrogens (primary N) is 1. The van der Waals surface area contributed by atoms with Crippen LogP contribution in [-0.2, 0) is 14.2 Å². The van der Waals surface area contributed by atoms with Gasteiger partial charge in [0.05, 0.1) is 25.0 Å². The Kier molecular flexibility index (Phi) is 2.90. The Hall–Kier alpha value is -0.715. The normalized spacial score (nSPS) is 41.6. The fourth-order valence-electron chi connectivity index (χ4n) is 2.81. The summed E-state index contributed by atoms with van der Waals surface area (Å²) < 4.78 is 16.4. The third kappa shape index (κ3) is 1.44. The summed E-state index contributed by atoms with van der Waals surface area (Å²) in [5, 5.41) is 0. The van der Waals surface area contributed by atoms with Gasteiger partial charge >= 0.3 is 0 Å². The van der Waals surface area contributed by atoms with Crippen molar-refractivity contribution in [2.24, 2.45) is 5.73 Å². The standard InChI is InChI=1S/C10H17BN2O3/c1-6(12)13-4-10(5-14-2)8(15-3)7(13)9(11)16-10/h7-9H,1,4-5,12H2,2-3H3/t7-,8?,9+,10+/m0/s1. The molecule has 6 heteroatoms. The van der Waals surface area contributed by atoms with Crippen LogP contribution in [0, 0.1) is 0 Å². The monoisotopic (exact) mass is 224 g/mol. The first-order chi connectivity index (χ1) is 7.55. The second-order valence-corrected chi connectivity index (χ2v) is 4.35. The second kappa shape index (κ2) is 3.94. The molecule has 16 heavy (non-hydrogen) atoms. The summed E-state index contributed by atoms with van der Waals surface area (Å²) in [7, 11) is 9.21. The molecule has 0 aromatic rings. The van der Waals surface area contributed by atoms with E-state index in [0.717, 1.165) is 0 Å². The average molecular weight is 224 g/mol. The molecule has 2 radical (unpaired) electrons. The fourth-order valence-corrected chi connectivity index (χ4v) is 2.81. The number of fused-ring (bicyclic) bond motifs is 2. The lowest BCUT2D eigenvalue weighted by atomic mass is 9.90. The highest BCUT2D eigenvalue weighted by molar-refractivity contribution is 6.12. The predicted octanol–water partition coefficient (Wildman–Crippen LogP) is -0.974. The third-order valence-corrected chi connectivity index (χ3v) is 3.35. The van der Waals surface area contributed by atoms with Gasteiger partial charge in [0.1, 0.15) is 19.6 Å². The van der Waals surface area contributed by atoms with Crippen LogP contribution in [0.5, 0.6) is 0 Å². The number of hydrogen-bond donors (Lipinski definition) is 1. The van der Waals surface area contributed by atoms with Crippen LogP contribution in [0.3, 0.4) is 0 Å². The Morgan fingerprint density at radius 3 is 2.88 bits per heavy atom. The Morgan fingerprint density at radius 1 is 1.69 bits per heavy atom. The Labute approximate surface area is 96.9 Å². The molecule has 2 bridgehead atoms. The topological polar surface area (TPSA) is 57.0 Å². The van der Waals surface area contributed by atoms with Crippen LogP contribution < -0.4 is 5.73 Å². The molecular formula is C10H17BN2O3. The number of rotatable bonds is 4. The van der Waals surface area contributed by atoms with E-state index in [4.69, 9.17) is 27.8 Å². The highest BCUT2D eigenvalue weighted by Gasteiger charge is 2.62. The zero-order chi connectivity index (χ0) is 11.9. The lowest BCUT2D eigenvalue weighted by Gasteiger charge is -2.36. The SMILES string of the molecule is [B][C@@H]1O[C@@]2(COC)CN(C(=C)N)[C@H]1C2OC. The van der Waals surface area contributed by atoms with Crippen molar-refractivity contribution in [3.63, 3.8) is 0 Å². The molecule has 2 rings (SSSR count). The first-order valence-corrected chi connectivity index (χ1v) is 5.22. The van der Waals surface area contributed by atoms with Gasteiger partial charge in [-0.05, 0) is 0 Å². The third-order valence-electron chi connectivity index (χ3n) is 3.35. The molecule has 88 valence electrons. The van der Waals surface area contributed by atoms with Crippen molar-refractivity contribution in [2.45, 2.75) is 23.8 Å². The van der Waals surface area contributed by atoms with E-state index in [9.17, 15) is 0 Å². The summed E-state index contributed by atoms with van der Waals surface area (Å²) in [5.41, 5.74) is 5.21. The summed E-state index contributed by atoms with van der Waals surface area (Å²) in [4.78, 5) is 1.93. The minimum atomic E-state index is -0.532. The van der Waals surface area contributed by atoms with E-state index in [2.05, 4.69) is 6.58 Å². The van der Waals surface area contributed by atoms with Crippen LogP contribution in [0.15, 0.2) is 12.4 Å². The molecule has 0 aliphatic carbocycles. The van der Waals surface area contributed by atoms with Crippen LogP contribution in [0.2, 0.25) is 0 Å². The van der Waals surface area contributed by atoms with Crippen LogP contribution in [-0.4, -0.2) is 63.9 Å². The van der Waals surface area contributed by atoms with Gasteiger partial charge in [0, 0.05) is 20.2 Å². The number of nitrogens with zero attached hydrogens (tertiary/aromatic N) is 1. The predicted molar refractivity (Wildman–Crippen MR) is 59.9 cm³/mol.